The third-order valence-corrected chi connectivity index (χ3v) is 2.48. The van der Waals surface area contributed by atoms with Crippen LogP contribution in [-0.4, -0.2) is 79.3 Å². The lowest BCUT2D eigenvalue weighted by Gasteiger charge is -2.24. The zero-order valence-electron chi connectivity index (χ0n) is 12.0. The lowest BCUT2D eigenvalue weighted by Crippen LogP contribution is -2.51. The summed E-state index contributed by atoms with van der Waals surface area (Å²) in [5.74, 6) is -1.28. The van der Waals surface area contributed by atoms with Gasteiger partial charge in [0.2, 0.25) is 0 Å². The maximum Gasteiger partial charge on any atom is 0.328 e. The molecule has 0 saturated carbocycles. The molecular formula is C12H24N2O6. The standard InChI is InChI=1S/C12H24N2O6/c1-3-19-7-5-14(6-8-20-4-2)12(18)13-10(9-15)11(16)17/h10,15H,3-9H2,1-2H3,(H,13,18)(H,16,17)/t10-/m1/s1. The van der Waals surface area contributed by atoms with E-state index in [1.807, 2.05) is 13.8 Å². The quantitative estimate of drug-likeness (QED) is 0.444. The molecule has 0 aliphatic heterocycles. The van der Waals surface area contributed by atoms with Gasteiger partial charge in [-0.3, -0.25) is 0 Å². The van der Waals surface area contributed by atoms with E-state index in [4.69, 9.17) is 19.7 Å². The van der Waals surface area contributed by atoms with Gasteiger partial charge in [0, 0.05) is 26.3 Å². The third kappa shape index (κ3) is 7.93. The van der Waals surface area contributed by atoms with Crippen LogP contribution in [-0.2, 0) is 14.3 Å². The Morgan fingerprint density at radius 2 is 1.65 bits per heavy atom. The number of hydrogen-bond acceptors (Lipinski definition) is 5. The Hall–Kier alpha value is -1.38. The summed E-state index contributed by atoms with van der Waals surface area (Å²) in [5.41, 5.74) is 0. The molecule has 0 aliphatic rings. The molecule has 3 N–H and O–H groups in total. The number of nitrogens with one attached hydrogen (secondary N) is 1. The second kappa shape index (κ2) is 11.4. The van der Waals surface area contributed by atoms with Crippen LogP contribution in [0.2, 0.25) is 0 Å². The molecule has 0 radical (unpaired) electrons. The van der Waals surface area contributed by atoms with E-state index >= 15 is 0 Å². The molecule has 1 atom stereocenters. The van der Waals surface area contributed by atoms with Crippen molar-refractivity contribution in [3.63, 3.8) is 0 Å². The fourth-order valence-electron chi connectivity index (χ4n) is 1.38. The van der Waals surface area contributed by atoms with E-state index in [-0.39, 0.29) is 0 Å². The number of aliphatic carboxylic acids is 1. The first kappa shape index (κ1) is 18.6. The minimum Gasteiger partial charge on any atom is -0.480 e. The highest BCUT2D eigenvalue weighted by molar-refractivity contribution is 5.82. The number of carboxylic acid groups (broad SMARTS) is 1. The summed E-state index contributed by atoms with van der Waals surface area (Å²) in [6, 6.07) is -1.88. The molecule has 0 unspecified atom stereocenters. The predicted octanol–water partition coefficient (Wildman–Crippen LogP) is -0.483. The topological polar surface area (TPSA) is 108 Å². The van der Waals surface area contributed by atoms with Gasteiger partial charge in [0.25, 0.3) is 0 Å². The van der Waals surface area contributed by atoms with E-state index < -0.39 is 24.6 Å². The van der Waals surface area contributed by atoms with Crippen LogP contribution in [0.15, 0.2) is 0 Å². The van der Waals surface area contributed by atoms with Crippen LogP contribution >= 0.6 is 0 Å². The Kier molecular flexibility index (Phi) is 10.7. The van der Waals surface area contributed by atoms with Gasteiger partial charge in [0.05, 0.1) is 19.8 Å². The monoisotopic (exact) mass is 292 g/mol. The molecule has 0 aromatic heterocycles. The van der Waals surface area contributed by atoms with Crippen LogP contribution in [0.5, 0.6) is 0 Å². The van der Waals surface area contributed by atoms with Gasteiger partial charge in [0.15, 0.2) is 6.04 Å². The molecule has 0 saturated heterocycles. The molecule has 2 amide bonds. The van der Waals surface area contributed by atoms with Crippen LogP contribution < -0.4 is 5.32 Å². The molecule has 0 aromatic carbocycles. The van der Waals surface area contributed by atoms with Crippen molar-refractivity contribution < 1.29 is 29.3 Å². The number of rotatable bonds is 11. The molecule has 0 spiro atoms. The van der Waals surface area contributed by atoms with Crippen LogP contribution in [0, 0.1) is 0 Å². The van der Waals surface area contributed by atoms with Gasteiger partial charge >= 0.3 is 12.0 Å². The number of urea groups is 1. The summed E-state index contributed by atoms with van der Waals surface area (Å²) >= 11 is 0. The fourth-order valence-corrected chi connectivity index (χ4v) is 1.38. The molecule has 20 heavy (non-hydrogen) atoms. The van der Waals surface area contributed by atoms with Crippen molar-refractivity contribution in [3.05, 3.63) is 0 Å². The number of amides is 2. The summed E-state index contributed by atoms with van der Waals surface area (Å²) in [6.07, 6.45) is 0. The van der Waals surface area contributed by atoms with Crippen molar-refractivity contribution in [1.82, 2.24) is 10.2 Å². The number of ether oxygens (including phenoxy) is 2. The lowest BCUT2D eigenvalue weighted by atomic mass is 10.3. The third-order valence-electron chi connectivity index (χ3n) is 2.48. The predicted molar refractivity (Wildman–Crippen MR) is 71.6 cm³/mol. The molecule has 0 aromatic rings. The normalized spacial score (nSPS) is 11.9. The van der Waals surface area contributed by atoms with E-state index in [2.05, 4.69) is 5.32 Å². The second-order valence-electron chi connectivity index (χ2n) is 3.90. The minimum absolute atomic E-state index is 0.324. The molecule has 0 heterocycles. The number of nitrogens with zero attached hydrogens (tertiary/aromatic N) is 1. The minimum atomic E-state index is -1.32. The van der Waals surface area contributed by atoms with Crippen molar-refractivity contribution in [2.45, 2.75) is 19.9 Å². The van der Waals surface area contributed by atoms with Crippen LogP contribution in [0.25, 0.3) is 0 Å². The molecular weight excluding hydrogens is 268 g/mol. The van der Waals surface area contributed by atoms with Crippen molar-refractivity contribution in [1.29, 1.82) is 0 Å². The second-order valence-corrected chi connectivity index (χ2v) is 3.90. The van der Waals surface area contributed by atoms with E-state index in [1.54, 1.807) is 0 Å². The van der Waals surface area contributed by atoms with Gasteiger partial charge in [-0.2, -0.15) is 0 Å². The van der Waals surface area contributed by atoms with Crippen LogP contribution in [0.1, 0.15) is 13.8 Å². The molecule has 8 nitrogen and oxygen atoms in total. The molecule has 0 bridgehead atoms. The Labute approximate surface area is 118 Å². The van der Waals surface area contributed by atoms with Crippen molar-refractivity contribution >= 4 is 12.0 Å². The van der Waals surface area contributed by atoms with Crippen molar-refractivity contribution in [2.24, 2.45) is 0 Å². The first-order valence-electron chi connectivity index (χ1n) is 6.61. The number of aliphatic hydroxyl groups excluding tert-OH is 1. The SMILES string of the molecule is CCOCCN(CCOCC)C(=O)N[C@H](CO)C(=O)O. The fraction of sp³-hybridized carbons (Fsp3) is 0.833. The highest BCUT2D eigenvalue weighted by atomic mass is 16.5. The summed E-state index contributed by atoms with van der Waals surface area (Å²) in [7, 11) is 0. The Morgan fingerprint density at radius 3 is 2.00 bits per heavy atom. The Morgan fingerprint density at radius 1 is 1.15 bits per heavy atom. The molecule has 118 valence electrons. The smallest absolute Gasteiger partial charge is 0.328 e. The van der Waals surface area contributed by atoms with Gasteiger partial charge in [-0.25, -0.2) is 9.59 Å². The van der Waals surface area contributed by atoms with E-state index in [1.165, 1.54) is 4.90 Å². The average molecular weight is 292 g/mol. The number of carbonyl (C=O) groups is 2. The lowest BCUT2D eigenvalue weighted by molar-refractivity contribution is -0.140. The summed E-state index contributed by atoms with van der Waals surface area (Å²) < 4.78 is 10.3. The zero-order valence-corrected chi connectivity index (χ0v) is 12.0. The van der Waals surface area contributed by atoms with Gasteiger partial charge < -0.3 is 29.9 Å². The molecule has 0 aliphatic carbocycles. The summed E-state index contributed by atoms with van der Waals surface area (Å²) in [6.45, 7) is 5.46. The first-order chi connectivity index (χ1) is 9.56. The largest absolute Gasteiger partial charge is 0.480 e. The van der Waals surface area contributed by atoms with E-state index in [9.17, 15) is 9.59 Å². The van der Waals surface area contributed by atoms with Crippen molar-refractivity contribution in [2.75, 3.05) is 46.1 Å². The van der Waals surface area contributed by atoms with E-state index in [0.717, 1.165) is 0 Å². The van der Waals surface area contributed by atoms with E-state index in [0.29, 0.717) is 39.5 Å². The highest BCUT2D eigenvalue weighted by Gasteiger charge is 2.22. The van der Waals surface area contributed by atoms with Gasteiger partial charge in [-0.1, -0.05) is 0 Å². The van der Waals surface area contributed by atoms with Gasteiger partial charge in [0.1, 0.15) is 0 Å². The first-order valence-corrected chi connectivity index (χ1v) is 6.61. The van der Waals surface area contributed by atoms with Crippen LogP contribution in [0.4, 0.5) is 4.79 Å². The van der Waals surface area contributed by atoms with Crippen LogP contribution in [0.3, 0.4) is 0 Å². The van der Waals surface area contributed by atoms with Gasteiger partial charge in [-0.05, 0) is 13.8 Å². The number of carboxylic acids is 1. The molecule has 0 rings (SSSR count). The van der Waals surface area contributed by atoms with Crippen molar-refractivity contribution in [3.8, 4) is 0 Å². The maximum absolute atomic E-state index is 11.9. The Balaban J connectivity index is 4.39. The molecule has 8 heteroatoms. The number of hydrogen-bond donors (Lipinski definition) is 3. The molecule has 0 fully saturated rings. The maximum atomic E-state index is 11.9. The summed E-state index contributed by atoms with van der Waals surface area (Å²) in [4.78, 5) is 24.1. The summed E-state index contributed by atoms with van der Waals surface area (Å²) in [5, 5.41) is 19.9. The van der Waals surface area contributed by atoms with Gasteiger partial charge in [-0.15, -0.1) is 0 Å². The number of carbonyl (C=O) groups excluding carboxylic acids is 1. The number of aliphatic hydroxyl groups is 1. The Bertz CT molecular complexity index is 277. The highest BCUT2D eigenvalue weighted by Crippen LogP contribution is 1.94. The average Bonchev–Trinajstić information content (AvgIpc) is 2.42. The zero-order chi connectivity index (χ0) is 15.4.